The first kappa shape index (κ1) is 43.3. The second-order valence-corrected chi connectivity index (χ2v) is 15.9. The lowest BCUT2D eigenvalue weighted by Gasteiger charge is -2.57. The predicted octanol–water partition coefficient (Wildman–Crippen LogP) is 2.87. The number of nitrogens with one attached hydrogen (secondary N) is 1. The van der Waals surface area contributed by atoms with Crippen molar-refractivity contribution in [2.45, 2.75) is 87.2 Å². The van der Waals surface area contributed by atoms with E-state index in [0.717, 1.165) is 6.42 Å². The normalized spacial score (nSPS) is 27.0. The van der Waals surface area contributed by atoms with Crippen LogP contribution in [0.5, 0.6) is 34.5 Å². The molecule has 0 bridgehead atoms. The summed E-state index contributed by atoms with van der Waals surface area (Å²) in [6.45, 7) is -0.785. The summed E-state index contributed by atoms with van der Waals surface area (Å²) >= 11 is 0. The number of ether oxygens (including phenoxy) is 5. The van der Waals surface area contributed by atoms with Gasteiger partial charge in [-0.1, -0.05) is 43.5 Å². The number of amidine groups is 1. The summed E-state index contributed by atoms with van der Waals surface area (Å²) in [6, 6.07) is 13.5. The van der Waals surface area contributed by atoms with Crippen LogP contribution < -0.4 is 18.9 Å². The van der Waals surface area contributed by atoms with E-state index in [-0.39, 0.29) is 66.1 Å². The van der Waals surface area contributed by atoms with Crippen LogP contribution in [-0.4, -0.2) is 131 Å². The third-order valence-corrected chi connectivity index (χ3v) is 12.0. The van der Waals surface area contributed by atoms with Crippen LogP contribution >= 0.6 is 0 Å². The topological polar surface area (TPSA) is 306 Å². The maximum Gasteiger partial charge on any atom is 0.336 e. The number of aliphatic hydroxyl groups is 6. The molecule has 3 aromatic rings. The molecule has 3 aromatic carbocycles. The Labute approximate surface area is 359 Å². The van der Waals surface area contributed by atoms with Crippen molar-refractivity contribution in [3.63, 3.8) is 0 Å². The molecule has 63 heavy (non-hydrogen) atoms. The fourth-order valence-electron chi connectivity index (χ4n) is 8.90. The van der Waals surface area contributed by atoms with Gasteiger partial charge in [0.05, 0.1) is 24.6 Å². The van der Waals surface area contributed by atoms with Gasteiger partial charge in [-0.15, -0.1) is 0 Å². The van der Waals surface area contributed by atoms with Crippen molar-refractivity contribution in [2.24, 2.45) is 20.4 Å². The van der Waals surface area contributed by atoms with Crippen molar-refractivity contribution in [1.82, 2.24) is 0 Å². The average molecular weight is 871 g/mol. The summed E-state index contributed by atoms with van der Waals surface area (Å²) in [4.78, 5) is 25.4. The van der Waals surface area contributed by atoms with E-state index in [1.165, 1.54) is 54.9 Å². The third-order valence-electron chi connectivity index (χ3n) is 12.0. The fourth-order valence-corrected chi connectivity index (χ4v) is 8.90. The van der Waals surface area contributed by atoms with Gasteiger partial charge in [-0.3, -0.25) is 10.4 Å². The SMILES string of the molecule is N=C1C=CC(C(O)C(CO)Oc2ccc(C3C=C(O)c4c(cc(OC5OC(C(=O)O)C(O)(C6(C7=NC=NC7)CCCCC6)C(O)C5O)c(OCc5cccc(O)c5)c4O)O3)cc2)=N1. The van der Waals surface area contributed by atoms with E-state index in [9.17, 15) is 50.8 Å². The molecule has 4 aliphatic heterocycles. The molecule has 8 atom stereocenters. The second-order valence-electron chi connectivity index (χ2n) is 15.9. The van der Waals surface area contributed by atoms with E-state index in [1.807, 2.05) is 0 Å². The predicted molar refractivity (Wildman–Crippen MR) is 223 cm³/mol. The Morgan fingerprint density at radius 2 is 1.78 bits per heavy atom. The number of aliphatic hydroxyl groups excluding tert-OH is 5. The van der Waals surface area contributed by atoms with E-state index in [1.54, 1.807) is 24.3 Å². The van der Waals surface area contributed by atoms with Gasteiger partial charge in [0.2, 0.25) is 12.0 Å². The molecule has 8 unspecified atom stereocenters. The summed E-state index contributed by atoms with van der Waals surface area (Å²) < 4.78 is 30.0. The number of carboxylic acids is 1. The quantitative estimate of drug-likeness (QED) is 0.111. The molecule has 0 aromatic heterocycles. The average Bonchev–Trinajstić information content (AvgIpc) is 3.98. The number of nitrogens with zero attached hydrogens (tertiary/aromatic N) is 3. The first-order chi connectivity index (χ1) is 30.2. The number of carbonyl (C=O) groups is 1. The van der Waals surface area contributed by atoms with Crippen molar-refractivity contribution < 1.29 is 74.4 Å². The van der Waals surface area contributed by atoms with Crippen LogP contribution in [-0.2, 0) is 16.1 Å². The number of aliphatic imine (C=N–C) groups is 3. The molecule has 332 valence electrons. The lowest BCUT2D eigenvalue weighted by atomic mass is 9.55. The molecule has 8 rings (SSSR count). The van der Waals surface area contributed by atoms with Crippen LogP contribution in [0, 0.1) is 10.8 Å². The van der Waals surface area contributed by atoms with Crippen LogP contribution in [0.1, 0.15) is 54.9 Å². The maximum atomic E-state index is 13.0. The number of rotatable bonds is 14. The van der Waals surface area contributed by atoms with Gasteiger partial charge in [-0.2, -0.15) is 0 Å². The molecule has 1 aliphatic carbocycles. The standard InChI is InChI=1S/C44H46N4O15/c45-33-12-11-26(48-33)35(52)31(19-49)60-25-9-7-23(8-10-25)28-16-27(51)34-29(61-28)17-30(38(36(34)53)59-20-22-5-4-6-24(50)15-22)62-42-37(54)39(55)44(58,40(63-42)41(56)57)43(13-2-1-3-14-43)32-18-46-21-47-32/h4-12,15-17,21,28,31,35,37,39-40,42,45,49-55,58H,1-3,13-14,18-20H2,(H,56,57). The smallest absolute Gasteiger partial charge is 0.336 e. The highest BCUT2D eigenvalue weighted by Gasteiger charge is 2.69. The summed E-state index contributed by atoms with van der Waals surface area (Å²) in [5, 5.41) is 108. The van der Waals surface area contributed by atoms with Crippen molar-refractivity contribution >= 4 is 35.3 Å². The zero-order valence-electron chi connectivity index (χ0n) is 33.5. The third kappa shape index (κ3) is 7.98. The van der Waals surface area contributed by atoms with Crippen molar-refractivity contribution in [1.29, 1.82) is 5.41 Å². The number of aliphatic carboxylic acids is 1. The Kier molecular flexibility index (Phi) is 12.0. The van der Waals surface area contributed by atoms with Gasteiger partial charge >= 0.3 is 5.97 Å². The van der Waals surface area contributed by atoms with Crippen LogP contribution in [0.2, 0.25) is 0 Å². The van der Waals surface area contributed by atoms with E-state index >= 15 is 0 Å². The molecular weight excluding hydrogens is 824 g/mol. The molecule has 19 nitrogen and oxygen atoms in total. The van der Waals surface area contributed by atoms with E-state index in [0.29, 0.717) is 29.7 Å². The molecule has 1 saturated carbocycles. The molecule has 0 radical (unpaired) electrons. The number of aromatic hydroxyl groups is 2. The summed E-state index contributed by atoms with van der Waals surface area (Å²) in [7, 11) is 0. The van der Waals surface area contributed by atoms with Crippen LogP contribution in [0.4, 0.5) is 0 Å². The summed E-state index contributed by atoms with van der Waals surface area (Å²) in [6.07, 6.45) is -4.01. The van der Waals surface area contributed by atoms with Crippen molar-refractivity contribution in [2.75, 3.05) is 13.2 Å². The molecule has 2 fully saturated rings. The highest BCUT2D eigenvalue weighted by atomic mass is 16.7. The first-order valence-corrected chi connectivity index (χ1v) is 20.2. The van der Waals surface area contributed by atoms with Crippen LogP contribution in [0.3, 0.4) is 0 Å². The van der Waals surface area contributed by atoms with Gasteiger partial charge in [0.15, 0.2) is 23.7 Å². The molecule has 10 N–H and O–H groups in total. The first-order valence-electron chi connectivity index (χ1n) is 20.2. The van der Waals surface area contributed by atoms with Gasteiger partial charge in [-0.05, 0) is 60.4 Å². The Morgan fingerprint density at radius 3 is 2.43 bits per heavy atom. The van der Waals surface area contributed by atoms with E-state index in [4.69, 9.17) is 29.1 Å². The Balaban J connectivity index is 1.10. The molecule has 0 amide bonds. The lowest BCUT2D eigenvalue weighted by molar-refractivity contribution is -0.326. The van der Waals surface area contributed by atoms with Gasteiger partial charge in [0.25, 0.3) is 0 Å². The van der Waals surface area contributed by atoms with E-state index in [2.05, 4.69) is 15.0 Å². The summed E-state index contributed by atoms with van der Waals surface area (Å²) in [5.74, 6) is -3.63. The zero-order valence-corrected chi connectivity index (χ0v) is 33.5. The summed E-state index contributed by atoms with van der Waals surface area (Å²) in [5.41, 5.74) is -2.81. The molecule has 1 saturated heterocycles. The molecule has 19 heteroatoms. The number of phenolic OH excluding ortho intramolecular Hbond substituents is 2. The fraction of sp³-hybridized carbons (Fsp3) is 0.386. The number of benzene rings is 3. The zero-order chi connectivity index (χ0) is 44.6. The minimum Gasteiger partial charge on any atom is -0.508 e. The van der Waals surface area contributed by atoms with Crippen LogP contribution in [0.15, 0.2) is 87.8 Å². The van der Waals surface area contributed by atoms with Crippen LogP contribution in [0.25, 0.3) is 5.76 Å². The molecule has 4 heterocycles. The highest BCUT2D eigenvalue weighted by molar-refractivity contribution is 6.15. The molecule has 0 spiro atoms. The lowest BCUT2D eigenvalue weighted by Crippen LogP contribution is -2.76. The minimum absolute atomic E-state index is 0.0487. The van der Waals surface area contributed by atoms with Crippen molar-refractivity contribution in [3.05, 3.63) is 89.5 Å². The van der Waals surface area contributed by atoms with Crippen molar-refractivity contribution in [3.8, 4) is 34.5 Å². The number of phenols is 2. The van der Waals surface area contributed by atoms with Gasteiger partial charge in [0.1, 0.15) is 77.4 Å². The number of fused-ring (bicyclic) bond motifs is 1. The Hall–Kier alpha value is -6.35. The number of hydrogen-bond acceptors (Lipinski definition) is 17. The Bertz CT molecular complexity index is 2410. The largest absolute Gasteiger partial charge is 0.508 e. The Morgan fingerprint density at radius 1 is 1.02 bits per heavy atom. The monoisotopic (exact) mass is 870 g/mol. The second kappa shape index (κ2) is 17.4. The van der Waals surface area contributed by atoms with Gasteiger partial charge in [-0.25, -0.2) is 14.8 Å². The number of carboxylic acid groups (broad SMARTS) is 1. The number of hydrogen-bond donors (Lipinski definition) is 10. The van der Waals surface area contributed by atoms with Gasteiger partial charge in [0, 0.05) is 17.6 Å². The minimum atomic E-state index is -2.60. The molecule has 5 aliphatic rings. The highest BCUT2D eigenvalue weighted by Crippen LogP contribution is 2.55. The molecular formula is C44H46N4O15. The maximum absolute atomic E-state index is 13.0. The van der Waals surface area contributed by atoms with Gasteiger partial charge < -0.3 is 69.6 Å². The van der Waals surface area contributed by atoms with E-state index < -0.39 is 83.8 Å².